The van der Waals surface area contributed by atoms with Crippen LogP contribution in [-0.4, -0.2) is 35.2 Å². The Morgan fingerprint density at radius 2 is 1.95 bits per heavy atom. The van der Waals surface area contributed by atoms with Crippen LogP contribution in [0, 0.1) is 11.8 Å². The van der Waals surface area contributed by atoms with Gasteiger partial charge in [-0.15, -0.1) is 0 Å². The van der Waals surface area contributed by atoms with Crippen molar-refractivity contribution in [3.05, 3.63) is 42.5 Å². The van der Waals surface area contributed by atoms with Gasteiger partial charge in [0.2, 0.25) is 11.8 Å². The highest BCUT2D eigenvalue weighted by molar-refractivity contribution is 6.23. The van der Waals surface area contributed by atoms with Crippen molar-refractivity contribution >= 4 is 17.5 Å². The maximum absolute atomic E-state index is 12.6. The van der Waals surface area contributed by atoms with E-state index in [1.165, 1.54) is 4.90 Å². The lowest BCUT2D eigenvalue weighted by atomic mass is 9.77. The molecule has 3 heterocycles. The van der Waals surface area contributed by atoms with Crippen molar-refractivity contribution in [2.24, 2.45) is 11.8 Å². The zero-order valence-electron chi connectivity index (χ0n) is 10.6. The summed E-state index contributed by atoms with van der Waals surface area (Å²) in [4.78, 5) is 26.4. The van der Waals surface area contributed by atoms with E-state index in [0.29, 0.717) is 5.69 Å². The standard InChI is InChI=1S/C15H13NO4/c17-8-15-7-6-10(20-15)11-12(15)14(19)16(13(11)18)9-4-2-1-3-5-9/h1-7,10-12,17H,8H2/t10-,11-,12+,15-/m1/s1. The van der Waals surface area contributed by atoms with E-state index >= 15 is 0 Å². The minimum Gasteiger partial charge on any atom is -0.393 e. The zero-order valence-corrected chi connectivity index (χ0v) is 10.6. The van der Waals surface area contributed by atoms with Crippen molar-refractivity contribution in [3.8, 4) is 0 Å². The van der Waals surface area contributed by atoms with E-state index in [1.807, 2.05) is 6.07 Å². The molecule has 1 aromatic rings. The lowest BCUT2D eigenvalue weighted by Crippen LogP contribution is -2.43. The van der Waals surface area contributed by atoms with Crippen LogP contribution >= 0.6 is 0 Å². The predicted octanol–water partition coefficient (Wildman–Crippen LogP) is 0.492. The first kappa shape index (κ1) is 11.8. The summed E-state index contributed by atoms with van der Waals surface area (Å²) in [7, 11) is 0. The molecule has 2 bridgehead atoms. The van der Waals surface area contributed by atoms with Crippen LogP contribution in [0.1, 0.15) is 0 Å². The molecule has 2 fully saturated rings. The molecular weight excluding hydrogens is 258 g/mol. The summed E-state index contributed by atoms with van der Waals surface area (Å²) in [6, 6.07) is 8.88. The Labute approximate surface area is 115 Å². The van der Waals surface area contributed by atoms with Gasteiger partial charge in [0.05, 0.1) is 30.2 Å². The molecule has 0 unspecified atom stereocenters. The van der Waals surface area contributed by atoms with Crippen molar-refractivity contribution in [1.82, 2.24) is 0 Å². The third-order valence-corrected chi connectivity index (χ3v) is 4.42. The fourth-order valence-electron chi connectivity index (χ4n) is 3.52. The van der Waals surface area contributed by atoms with Gasteiger partial charge in [-0.25, -0.2) is 4.90 Å². The molecule has 20 heavy (non-hydrogen) atoms. The smallest absolute Gasteiger partial charge is 0.241 e. The van der Waals surface area contributed by atoms with Crippen molar-refractivity contribution in [1.29, 1.82) is 0 Å². The van der Waals surface area contributed by atoms with E-state index in [-0.39, 0.29) is 18.4 Å². The Balaban J connectivity index is 1.79. The summed E-state index contributed by atoms with van der Waals surface area (Å²) >= 11 is 0. The van der Waals surface area contributed by atoms with Gasteiger partial charge in [-0.2, -0.15) is 0 Å². The molecule has 1 aromatic carbocycles. The largest absolute Gasteiger partial charge is 0.393 e. The second-order valence-corrected chi connectivity index (χ2v) is 5.41. The monoisotopic (exact) mass is 271 g/mol. The average Bonchev–Trinajstić information content (AvgIpc) is 3.11. The molecule has 0 radical (unpaired) electrons. The molecule has 3 aliphatic heterocycles. The van der Waals surface area contributed by atoms with E-state index in [2.05, 4.69) is 0 Å². The first-order valence-electron chi connectivity index (χ1n) is 6.59. The number of nitrogens with zero attached hydrogens (tertiary/aromatic N) is 1. The quantitative estimate of drug-likeness (QED) is 0.628. The molecule has 0 aliphatic carbocycles. The SMILES string of the molecule is O=C1[C@H]2[C@@H](C(=O)N1c1ccccc1)[C@]1(CO)C=C[C@H]2O1. The number of amides is 2. The molecule has 0 aromatic heterocycles. The molecule has 2 saturated heterocycles. The van der Waals surface area contributed by atoms with Crippen LogP contribution in [0.2, 0.25) is 0 Å². The Morgan fingerprint density at radius 1 is 1.20 bits per heavy atom. The molecule has 2 amide bonds. The summed E-state index contributed by atoms with van der Waals surface area (Å²) in [5.74, 6) is -1.65. The molecule has 102 valence electrons. The number of hydrogen-bond donors (Lipinski definition) is 1. The van der Waals surface area contributed by atoms with Crippen LogP contribution in [0.4, 0.5) is 5.69 Å². The maximum atomic E-state index is 12.6. The van der Waals surface area contributed by atoms with Gasteiger partial charge in [0, 0.05) is 0 Å². The highest BCUT2D eigenvalue weighted by Gasteiger charge is 2.67. The van der Waals surface area contributed by atoms with E-state index < -0.39 is 23.5 Å². The highest BCUT2D eigenvalue weighted by Crippen LogP contribution is 2.52. The van der Waals surface area contributed by atoms with Gasteiger partial charge in [0.25, 0.3) is 0 Å². The van der Waals surface area contributed by atoms with E-state index in [1.54, 1.807) is 36.4 Å². The fraction of sp³-hybridized carbons (Fsp3) is 0.333. The number of imide groups is 1. The van der Waals surface area contributed by atoms with Crippen LogP contribution in [0.15, 0.2) is 42.5 Å². The van der Waals surface area contributed by atoms with Gasteiger partial charge in [-0.05, 0) is 12.1 Å². The first-order chi connectivity index (χ1) is 9.68. The lowest BCUT2D eigenvalue weighted by molar-refractivity contribution is -0.128. The van der Waals surface area contributed by atoms with Gasteiger partial charge in [-0.1, -0.05) is 30.4 Å². The Kier molecular flexibility index (Phi) is 2.23. The van der Waals surface area contributed by atoms with Gasteiger partial charge in [-0.3, -0.25) is 9.59 Å². The van der Waals surface area contributed by atoms with E-state index in [0.717, 1.165) is 0 Å². The second kappa shape index (κ2) is 3.77. The maximum Gasteiger partial charge on any atom is 0.241 e. The molecule has 5 nitrogen and oxygen atoms in total. The van der Waals surface area contributed by atoms with Crippen LogP contribution in [0.3, 0.4) is 0 Å². The summed E-state index contributed by atoms with van der Waals surface area (Å²) in [5, 5.41) is 9.59. The number of carbonyl (C=O) groups is 2. The van der Waals surface area contributed by atoms with Crippen LogP contribution in [-0.2, 0) is 14.3 Å². The van der Waals surface area contributed by atoms with Crippen molar-refractivity contribution < 1.29 is 19.4 Å². The number of rotatable bonds is 2. The van der Waals surface area contributed by atoms with Gasteiger partial charge < -0.3 is 9.84 Å². The molecule has 0 spiro atoms. The first-order valence-corrected chi connectivity index (χ1v) is 6.59. The number of anilines is 1. The summed E-state index contributed by atoms with van der Waals surface area (Å²) in [6.45, 7) is -0.289. The average molecular weight is 271 g/mol. The molecule has 4 rings (SSSR count). The Bertz CT molecular complexity index is 626. The van der Waals surface area contributed by atoms with Crippen LogP contribution in [0.25, 0.3) is 0 Å². The number of aliphatic hydroxyl groups excluding tert-OH is 1. The fourth-order valence-corrected chi connectivity index (χ4v) is 3.52. The van der Waals surface area contributed by atoms with Crippen LogP contribution < -0.4 is 4.90 Å². The van der Waals surface area contributed by atoms with Crippen molar-refractivity contribution in [3.63, 3.8) is 0 Å². The zero-order chi connectivity index (χ0) is 13.9. The number of aliphatic hydroxyl groups is 1. The van der Waals surface area contributed by atoms with Gasteiger partial charge >= 0.3 is 0 Å². The van der Waals surface area contributed by atoms with Crippen LogP contribution in [0.5, 0.6) is 0 Å². The third kappa shape index (κ3) is 1.24. The normalized spacial score (nSPS) is 37.9. The minimum atomic E-state index is -1.02. The molecular formula is C15H13NO4. The number of hydrogen-bond acceptors (Lipinski definition) is 4. The Morgan fingerprint density at radius 3 is 2.65 bits per heavy atom. The molecule has 4 atom stereocenters. The van der Waals surface area contributed by atoms with Crippen molar-refractivity contribution in [2.45, 2.75) is 11.7 Å². The highest BCUT2D eigenvalue weighted by atomic mass is 16.5. The Hall–Kier alpha value is -1.98. The molecule has 0 saturated carbocycles. The lowest BCUT2D eigenvalue weighted by Gasteiger charge is -2.26. The predicted molar refractivity (Wildman–Crippen MR) is 69.7 cm³/mol. The number of benzene rings is 1. The van der Waals surface area contributed by atoms with Gasteiger partial charge in [0.1, 0.15) is 5.60 Å². The molecule has 5 heteroatoms. The molecule has 1 N–H and O–H groups in total. The number of carbonyl (C=O) groups excluding carboxylic acids is 2. The van der Waals surface area contributed by atoms with E-state index in [4.69, 9.17) is 4.74 Å². The third-order valence-electron chi connectivity index (χ3n) is 4.42. The number of para-hydroxylation sites is 1. The topological polar surface area (TPSA) is 66.8 Å². The van der Waals surface area contributed by atoms with Crippen molar-refractivity contribution in [2.75, 3.05) is 11.5 Å². The number of ether oxygens (including phenoxy) is 1. The second-order valence-electron chi connectivity index (χ2n) is 5.41. The minimum absolute atomic E-state index is 0.240. The molecule has 3 aliphatic rings. The summed E-state index contributed by atoms with van der Waals surface area (Å²) < 4.78 is 5.67. The van der Waals surface area contributed by atoms with Gasteiger partial charge in [0.15, 0.2) is 0 Å². The number of fused-ring (bicyclic) bond motifs is 5. The van der Waals surface area contributed by atoms with E-state index in [9.17, 15) is 14.7 Å². The summed E-state index contributed by atoms with van der Waals surface area (Å²) in [6.07, 6.45) is 3.09. The summed E-state index contributed by atoms with van der Waals surface area (Å²) in [5.41, 5.74) is -0.449.